The Balaban J connectivity index is 1.48. The Labute approximate surface area is 171 Å². The van der Waals surface area contributed by atoms with Gasteiger partial charge in [-0.25, -0.2) is 8.42 Å². The van der Waals surface area contributed by atoms with E-state index in [0.717, 1.165) is 23.9 Å². The largest absolute Gasteiger partial charge is 0.491 e. The van der Waals surface area contributed by atoms with Gasteiger partial charge in [-0.3, -0.25) is 0 Å². The number of hydrogen-bond acceptors (Lipinski definition) is 5. The highest BCUT2D eigenvalue weighted by atomic mass is 32.2. The first kappa shape index (κ1) is 21.4. The Morgan fingerprint density at radius 3 is 2.48 bits per heavy atom. The third-order valence-electron chi connectivity index (χ3n) is 4.73. The fourth-order valence-corrected chi connectivity index (χ4v) is 3.83. The van der Waals surface area contributed by atoms with Crippen molar-refractivity contribution in [3.63, 3.8) is 0 Å². The lowest BCUT2D eigenvalue weighted by molar-refractivity contribution is 0.0987. The zero-order valence-electron chi connectivity index (χ0n) is 17.0. The summed E-state index contributed by atoms with van der Waals surface area (Å²) < 4.78 is 28.5. The standard InChI is InChI=1S/C22H28N2O4S/c1-22(2,13-17-12-16-6-4-5-7-21(16)24-17)23-14-18(25)15-28-19-8-10-20(11-9-19)29(3,26)27/h4-12,18,23-25H,13-15H2,1-3H3. The van der Waals surface area contributed by atoms with E-state index < -0.39 is 15.9 Å². The Kier molecular flexibility index (Phi) is 6.31. The van der Waals surface area contributed by atoms with Gasteiger partial charge in [0.2, 0.25) is 0 Å². The van der Waals surface area contributed by atoms with Crippen LogP contribution in [0, 0.1) is 0 Å². The minimum atomic E-state index is -3.23. The second-order valence-electron chi connectivity index (χ2n) is 8.03. The van der Waals surface area contributed by atoms with Crippen molar-refractivity contribution in [2.24, 2.45) is 0 Å². The van der Waals surface area contributed by atoms with Crippen molar-refractivity contribution in [3.05, 3.63) is 60.3 Å². The van der Waals surface area contributed by atoms with Crippen LogP contribution in [-0.4, -0.2) is 49.6 Å². The molecule has 0 spiro atoms. The van der Waals surface area contributed by atoms with E-state index >= 15 is 0 Å². The molecule has 156 valence electrons. The minimum absolute atomic E-state index is 0.119. The van der Waals surface area contributed by atoms with Crippen molar-refractivity contribution in [3.8, 4) is 5.75 Å². The molecule has 7 heteroatoms. The van der Waals surface area contributed by atoms with E-state index in [1.54, 1.807) is 12.1 Å². The number of sulfone groups is 1. The predicted molar refractivity (Wildman–Crippen MR) is 115 cm³/mol. The van der Waals surface area contributed by atoms with Gasteiger partial charge >= 0.3 is 0 Å². The van der Waals surface area contributed by atoms with Gasteiger partial charge in [0.25, 0.3) is 0 Å². The molecule has 1 unspecified atom stereocenters. The number of aromatic nitrogens is 1. The molecule has 6 nitrogen and oxygen atoms in total. The Morgan fingerprint density at radius 2 is 1.83 bits per heavy atom. The summed E-state index contributed by atoms with van der Waals surface area (Å²) in [5.74, 6) is 0.522. The summed E-state index contributed by atoms with van der Waals surface area (Å²) in [5, 5.41) is 14.8. The highest BCUT2D eigenvalue weighted by Gasteiger charge is 2.20. The number of rotatable bonds is 9. The quantitative estimate of drug-likeness (QED) is 0.499. The van der Waals surface area contributed by atoms with E-state index in [1.165, 1.54) is 17.5 Å². The van der Waals surface area contributed by atoms with Gasteiger partial charge in [-0.15, -0.1) is 0 Å². The van der Waals surface area contributed by atoms with Gasteiger partial charge in [0.05, 0.1) is 4.90 Å². The van der Waals surface area contributed by atoms with Gasteiger partial charge in [-0.05, 0) is 55.6 Å². The van der Waals surface area contributed by atoms with Gasteiger partial charge in [-0.1, -0.05) is 18.2 Å². The summed E-state index contributed by atoms with van der Waals surface area (Å²) in [4.78, 5) is 3.67. The van der Waals surface area contributed by atoms with Crippen molar-refractivity contribution in [1.29, 1.82) is 0 Å². The van der Waals surface area contributed by atoms with Gasteiger partial charge in [0.15, 0.2) is 9.84 Å². The van der Waals surface area contributed by atoms with Crippen molar-refractivity contribution in [1.82, 2.24) is 10.3 Å². The van der Waals surface area contributed by atoms with Crippen LogP contribution >= 0.6 is 0 Å². The number of fused-ring (bicyclic) bond motifs is 1. The van der Waals surface area contributed by atoms with Crippen LogP contribution in [0.5, 0.6) is 5.75 Å². The van der Waals surface area contributed by atoms with Crippen molar-refractivity contribution < 1.29 is 18.3 Å². The lowest BCUT2D eigenvalue weighted by atomic mass is 9.98. The average molecular weight is 417 g/mol. The summed E-state index contributed by atoms with van der Waals surface area (Å²) in [6.45, 7) is 4.69. The molecule has 0 fully saturated rings. The number of hydrogen-bond donors (Lipinski definition) is 3. The van der Waals surface area contributed by atoms with Gasteiger partial charge in [-0.2, -0.15) is 0 Å². The molecule has 0 aliphatic heterocycles. The molecule has 0 saturated carbocycles. The topological polar surface area (TPSA) is 91.4 Å². The van der Waals surface area contributed by atoms with E-state index in [9.17, 15) is 13.5 Å². The van der Waals surface area contributed by atoms with Crippen LogP contribution in [-0.2, 0) is 16.3 Å². The second kappa shape index (κ2) is 8.57. The third-order valence-corrected chi connectivity index (χ3v) is 5.86. The minimum Gasteiger partial charge on any atom is -0.491 e. The first-order valence-corrected chi connectivity index (χ1v) is 11.4. The average Bonchev–Trinajstić information content (AvgIpc) is 3.06. The molecule has 3 rings (SSSR count). The molecule has 1 aromatic heterocycles. The molecule has 0 bridgehead atoms. The zero-order chi connectivity index (χ0) is 21.1. The summed E-state index contributed by atoms with van der Waals surface area (Å²) in [6, 6.07) is 16.5. The summed E-state index contributed by atoms with van der Waals surface area (Å²) in [7, 11) is -3.23. The van der Waals surface area contributed by atoms with Crippen molar-refractivity contribution in [2.75, 3.05) is 19.4 Å². The van der Waals surface area contributed by atoms with Crippen LogP contribution in [0.15, 0.2) is 59.5 Å². The number of benzene rings is 2. The summed E-state index contributed by atoms with van der Waals surface area (Å²) in [6.07, 6.45) is 1.27. The molecule has 0 aliphatic rings. The molecular weight excluding hydrogens is 388 g/mol. The Hall–Kier alpha value is -2.35. The fourth-order valence-electron chi connectivity index (χ4n) is 3.20. The molecule has 0 radical (unpaired) electrons. The highest BCUT2D eigenvalue weighted by Crippen LogP contribution is 2.19. The molecule has 3 N–H and O–H groups in total. The maximum absolute atomic E-state index is 11.5. The number of para-hydroxylation sites is 1. The molecule has 29 heavy (non-hydrogen) atoms. The van der Waals surface area contributed by atoms with E-state index in [1.807, 2.05) is 12.1 Å². The smallest absolute Gasteiger partial charge is 0.175 e. The van der Waals surface area contributed by atoms with E-state index in [2.05, 4.69) is 42.3 Å². The van der Waals surface area contributed by atoms with Crippen LogP contribution < -0.4 is 10.1 Å². The van der Waals surface area contributed by atoms with Crippen LogP contribution in [0.3, 0.4) is 0 Å². The van der Waals surface area contributed by atoms with E-state index in [-0.39, 0.29) is 17.0 Å². The fraction of sp³-hybridized carbons (Fsp3) is 0.364. The van der Waals surface area contributed by atoms with Crippen LogP contribution in [0.4, 0.5) is 0 Å². The molecule has 0 saturated heterocycles. The molecule has 1 atom stereocenters. The second-order valence-corrected chi connectivity index (χ2v) is 10.0. The van der Waals surface area contributed by atoms with Crippen molar-refractivity contribution in [2.45, 2.75) is 36.8 Å². The maximum atomic E-state index is 11.5. The number of nitrogens with one attached hydrogen (secondary N) is 2. The van der Waals surface area contributed by atoms with Crippen molar-refractivity contribution >= 4 is 20.7 Å². The number of aliphatic hydroxyl groups is 1. The third kappa shape index (κ3) is 6.06. The molecular formula is C22H28N2O4S. The van der Waals surface area contributed by atoms with Crippen LogP contribution in [0.25, 0.3) is 10.9 Å². The van der Waals surface area contributed by atoms with Gasteiger partial charge in [0, 0.05) is 36.0 Å². The number of β-amino-alcohol motifs (C(OH)–C–C–N with tert-alkyl or cyclic N) is 1. The zero-order valence-corrected chi connectivity index (χ0v) is 17.8. The van der Waals surface area contributed by atoms with E-state index in [4.69, 9.17) is 4.74 Å². The van der Waals surface area contributed by atoms with Crippen LogP contribution in [0.1, 0.15) is 19.5 Å². The number of H-pyrrole nitrogens is 1. The van der Waals surface area contributed by atoms with Crippen LogP contribution in [0.2, 0.25) is 0 Å². The first-order valence-electron chi connectivity index (χ1n) is 9.55. The molecule has 0 amide bonds. The molecule has 3 aromatic rings. The maximum Gasteiger partial charge on any atom is 0.175 e. The SMILES string of the molecule is CC(C)(Cc1cc2ccccc2[nH]1)NCC(O)COc1ccc(S(C)(=O)=O)cc1. The van der Waals surface area contributed by atoms with Gasteiger partial charge < -0.3 is 20.1 Å². The van der Waals surface area contributed by atoms with E-state index in [0.29, 0.717) is 12.3 Å². The lowest BCUT2D eigenvalue weighted by Crippen LogP contribution is -2.46. The summed E-state index contributed by atoms with van der Waals surface area (Å²) >= 11 is 0. The molecule has 0 aliphatic carbocycles. The number of ether oxygens (including phenoxy) is 1. The normalized spacial score (nSPS) is 13.5. The highest BCUT2D eigenvalue weighted by molar-refractivity contribution is 7.90. The first-order chi connectivity index (χ1) is 13.6. The van der Waals surface area contributed by atoms with Gasteiger partial charge in [0.1, 0.15) is 18.5 Å². The monoisotopic (exact) mass is 416 g/mol. The Morgan fingerprint density at radius 1 is 1.14 bits per heavy atom. The molecule has 2 aromatic carbocycles. The predicted octanol–water partition coefficient (Wildman–Crippen LogP) is 2.92. The molecule has 1 heterocycles. The number of aliphatic hydroxyl groups excluding tert-OH is 1. The lowest BCUT2D eigenvalue weighted by Gasteiger charge is -2.27. The summed E-state index contributed by atoms with van der Waals surface area (Å²) in [5.41, 5.74) is 2.05. The Bertz CT molecular complexity index is 1020. The number of aromatic amines is 1.